The molecule has 0 heterocycles. The van der Waals surface area contributed by atoms with Crippen molar-refractivity contribution in [3.63, 3.8) is 0 Å². The highest BCUT2D eigenvalue weighted by Gasteiger charge is 2.03. The summed E-state index contributed by atoms with van der Waals surface area (Å²) in [6.45, 7) is 2.62. The zero-order valence-corrected chi connectivity index (χ0v) is 13.1. The first-order chi connectivity index (χ1) is 10.2. The summed E-state index contributed by atoms with van der Waals surface area (Å²) in [4.78, 5) is 12.9. The van der Waals surface area contributed by atoms with Gasteiger partial charge >= 0.3 is 0 Å². The standard InChI is InChI=1S/C17H19NO2S/c1-13-4-3-5-14(10-13)11-18-17(19)12-21-16-8-6-15(20-2)7-9-16/h3-10H,11-12H2,1-2H3,(H,18,19). The maximum Gasteiger partial charge on any atom is 0.230 e. The first-order valence-electron chi connectivity index (χ1n) is 6.76. The minimum absolute atomic E-state index is 0.0392. The summed E-state index contributed by atoms with van der Waals surface area (Å²) in [5.41, 5.74) is 2.33. The molecule has 0 aromatic heterocycles. The van der Waals surface area contributed by atoms with Crippen LogP contribution in [0.25, 0.3) is 0 Å². The van der Waals surface area contributed by atoms with E-state index in [0.717, 1.165) is 16.2 Å². The Kier molecular flexibility index (Phi) is 5.69. The first kappa shape index (κ1) is 15.4. The van der Waals surface area contributed by atoms with Crippen molar-refractivity contribution < 1.29 is 9.53 Å². The fourth-order valence-corrected chi connectivity index (χ4v) is 2.62. The number of rotatable bonds is 6. The van der Waals surface area contributed by atoms with Crippen molar-refractivity contribution in [1.82, 2.24) is 5.32 Å². The van der Waals surface area contributed by atoms with Crippen LogP contribution in [0.4, 0.5) is 0 Å². The number of thioether (sulfide) groups is 1. The largest absolute Gasteiger partial charge is 0.497 e. The van der Waals surface area contributed by atoms with Gasteiger partial charge in [-0.25, -0.2) is 0 Å². The lowest BCUT2D eigenvalue weighted by atomic mass is 10.1. The Morgan fingerprint density at radius 2 is 1.95 bits per heavy atom. The van der Waals surface area contributed by atoms with Gasteiger partial charge in [-0.3, -0.25) is 4.79 Å². The second kappa shape index (κ2) is 7.74. The molecule has 0 bridgehead atoms. The van der Waals surface area contributed by atoms with Crippen LogP contribution in [0.15, 0.2) is 53.4 Å². The molecule has 0 unspecified atom stereocenters. The topological polar surface area (TPSA) is 38.3 Å². The minimum Gasteiger partial charge on any atom is -0.497 e. The number of carbonyl (C=O) groups excluding carboxylic acids is 1. The Morgan fingerprint density at radius 1 is 1.19 bits per heavy atom. The fraction of sp³-hybridized carbons (Fsp3) is 0.235. The lowest BCUT2D eigenvalue weighted by molar-refractivity contribution is -0.118. The maximum absolute atomic E-state index is 11.8. The smallest absolute Gasteiger partial charge is 0.230 e. The van der Waals surface area contributed by atoms with Crippen LogP contribution >= 0.6 is 11.8 Å². The SMILES string of the molecule is COc1ccc(SCC(=O)NCc2cccc(C)c2)cc1. The summed E-state index contributed by atoms with van der Waals surface area (Å²) in [6, 6.07) is 15.9. The quantitative estimate of drug-likeness (QED) is 0.831. The van der Waals surface area contributed by atoms with E-state index in [9.17, 15) is 4.79 Å². The molecule has 21 heavy (non-hydrogen) atoms. The van der Waals surface area contributed by atoms with Crippen LogP contribution in [-0.4, -0.2) is 18.8 Å². The van der Waals surface area contributed by atoms with Crippen LogP contribution < -0.4 is 10.1 Å². The van der Waals surface area contributed by atoms with E-state index in [0.29, 0.717) is 12.3 Å². The molecule has 2 aromatic rings. The number of benzene rings is 2. The zero-order valence-electron chi connectivity index (χ0n) is 12.3. The highest BCUT2D eigenvalue weighted by molar-refractivity contribution is 8.00. The van der Waals surface area contributed by atoms with Gasteiger partial charge in [0.2, 0.25) is 5.91 Å². The summed E-state index contributed by atoms with van der Waals surface area (Å²) >= 11 is 1.52. The van der Waals surface area contributed by atoms with Gasteiger partial charge in [0.15, 0.2) is 0 Å². The predicted octanol–water partition coefficient (Wildman–Crippen LogP) is 3.41. The van der Waals surface area contributed by atoms with E-state index >= 15 is 0 Å². The molecule has 110 valence electrons. The molecule has 0 fully saturated rings. The highest BCUT2D eigenvalue weighted by Crippen LogP contribution is 2.20. The zero-order chi connectivity index (χ0) is 15.1. The molecule has 0 aliphatic rings. The highest BCUT2D eigenvalue weighted by atomic mass is 32.2. The van der Waals surface area contributed by atoms with Gasteiger partial charge in [0.05, 0.1) is 12.9 Å². The van der Waals surface area contributed by atoms with Gasteiger partial charge in [0.1, 0.15) is 5.75 Å². The van der Waals surface area contributed by atoms with Crippen LogP contribution in [0, 0.1) is 6.92 Å². The molecular formula is C17H19NO2S. The molecule has 0 radical (unpaired) electrons. The Hall–Kier alpha value is -1.94. The monoisotopic (exact) mass is 301 g/mol. The van der Waals surface area contributed by atoms with Crippen molar-refractivity contribution in [3.05, 3.63) is 59.7 Å². The molecule has 2 rings (SSSR count). The maximum atomic E-state index is 11.8. The Bertz CT molecular complexity index is 596. The van der Waals surface area contributed by atoms with E-state index in [1.165, 1.54) is 17.3 Å². The number of hydrogen-bond acceptors (Lipinski definition) is 3. The van der Waals surface area contributed by atoms with E-state index in [1.807, 2.05) is 49.4 Å². The molecule has 0 spiro atoms. The van der Waals surface area contributed by atoms with E-state index in [2.05, 4.69) is 11.4 Å². The van der Waals surface area contributed by atoms with Crippen molar-refractivity contribution in [2.45, 2.75) is 18.4 Å². The Labute approximate surface area is 129 Å². The summed E-state index contributed by atoms with van der Waals surface area (Å²) in [5, 5.41) is 2.93. The van der Waals surface area contributed by atoms with Crippen molar-refractivity contribution in [2.75, 3.05) is 12.9 Å². The van der Waals surface area contributed by atoms with Crippen LogP contribution in [0.3, 0.4) is 0 Å². The second-order valence-corrected chi connectivity index (χ2v) is 5.78. The average Bonchev–Trinajstić information content (AvgIpc) is 2.51. The Balaban J connectivity index is 1.76. The molecule has 0 atom stereocenters. The van der Waals surface area contributed by atoms with Crippen molar-refractivity contribution in [2.24, 2.45) is 0 Å². The van der Waals surface area contributed by atoms with E-state index in [4.69, 9.17) is 4.74 Å². The van der Waals surface area contributed by atoms with Gasteiger partial charge in [0, 0.05) is 11.4 Å². The molecule has 2 aromatic carbocycles. The molecule has 1 amide bonds. The minimum atomic E-state index is 0.0392. The van der Waals surface area contributed by atoms with Crippen LogP contribution in [0.2, 0.25) is 0 Å². The molecule has 0 saturated heterocycles. The number of amides is 1. The molecular weight excluding hydrogens is 282 g/mol. The lowest BCUT2D eigenvalue weighted by Gasteiger charge is -2.06. The molecule has 0 saturated carbocycles. The molecule has 1 N–H and O–H groups in total. The molecule has 0 aliphatic heterocycles. The average molecular weight is 301 g/mol. The molecule has 0 aliphatic carbocycles. The lowest BCUT2D eigenvalue weighted by Crippen LogP contribution is -2.24. The van der Waals surface area contributed by atoms with Gasteiger partial charge in [-0.15, -0.1) is 11.8 Å². The van der Waals surface area contributed by atoms with Crippen LogP contribution in [0.1, 0.15) is 11.1 Å². The van der Waals surface area contributed by atoms with Crippen molar-refractivity contribution in [3.8, 4) is 5.75 Å². The number of methoxy groups -OCH3 is 1. The summed E-state index contributed by atoms with van der Waals surface area (Å²) < 4.78 is 5.10. The molecule has 3 nitrogen and oxygen atoms in total. The van der Waals surface area contributed by atoms with Crippen molar-refractivity contribution >= 4 is 17.7 Å². The number of aryl methyl sites for hydroxylation is 1. The predicted molar refractivity (Wildman–Crippen MR) is 86.7 cm³/mol. The van der Waals surface area contributed by atoms with E-state index < -0.39 is 0 Å². The van der Waals surface area contributed by atoms with Crippen LogP contribution in [0.5, 0.6) is 5.75 Å². The van der Waals surface area contributed by atoms with Crippen molar-refractivity contribution in [1.29, 1.82) is 0 Å². The third-order valence-electron chi connectivity index (χ3n) is 3.00. The van der Waals surface area contributed by atoms with Gasteiger partial charge in [-0.05, 0) is 36.8 Å². The fourth-order valence-electron chi connectivity index (χ4n) is 1.89. The van der Waals surface area contributed by atoms with Gasteiger partial charge in [-0.2, -0.15) is 0 Å². The first-order valence-corrected chi connectivity index (χ1v) is 7.75. The second-order valence-electron chi connectivity index (χ2n) is 4.73. The number of hydrogen-bond donors (Lipinski definition) is 1. The van der Waals surface area contributed by atoms with E-state index in [1.54, 1.807) is 7.11 Å². The summed E-state index contributed by atoms with van der Waals surface area (Å²) in [6.07, 6.45) is 0. The normalized spacial score (nSPS) is 10.2. The number of nitrogens with one attached hydrogen (secondary N) is 1. The molecule has 4 heteroatoms. The summed E-state index contributed by atoms with van der Waals surface area (Å²) in [7, 11) is 1.64. The van der Waals surface area contributed by atoms with E-state index in [-0.39, 0.29) is 5.91 Å². The van der Waals surface area contributed by atoms with Gasteiger partial charge in [0.25, 0.3) is 0 Å². The number of ether oxygens (including phenoxy) is 1. The Morgan fingerprint density at radius 3 is 2.62 bits per heavy atom. The summed E-state index contributed by atoms with van der Waals surface area (Å²) in [5.74, 6) is 1.28. The van der Waals surface area contributed by atoms with Gasteiger partial charge in [-0.1, -0.05) is 29.8 Å². The van der Waals surface area contributed by atoms with Crippen LogP contribution in [-0.2, 0) is 11.3 Å². The third kappa shape index (κ3) is 5.16. The third-order valence-corrected chi connectivity index (χ3v) is 4.01. The number of carbonyl (C=O) groups is 1. The van der Waals surface area contributed by atoms with Gasteiger partial charge < -0.3 is 10.1 Å².